The average Bonchev–Trinajstić information content (AvgIpc) is 3.10. The molecule has 0 aliphatic carbocycles. The van der Waals surface area contributed by atoms with E-state index >= 15 is 0 Å². The molecule has 0 saturated carbocycles. The molecular formula is C22H26FNO3. The van der Waals surface area contributed by atoms with Gasteiger partial charge in [-0.1, -0.05) is 19.1 Å². The molecule has 2 aromatic carbocycles. The molecule has 0 N–H and O–H groups in total. The van der Waals surface area contributed by atoms with Crippen molar-refractivity contribution in [2.75, 3.05) is 25.1 Å². The molecule has 144 valence electrons. The molecule has 27 heavy (non-hydrogen) atoms. The summed E-state index contributed by atoms with van der Waals surface area (Å²) in [4.78, 5) is 13.4. The number of halogens is 1. The van der Waals surface area contributed by atoms with Crippen molar-refractivity contribution in [3.05, 3.63) is 53.8 Å². The third kappa shape index (κ3) is 4.79. The van der Waals surface area contributed by atoms with Crippen LogP contribution in [0.3, 0.4) is 0 Å². The largest absolute Gasteiger partial charge is 0.494 e. The van der Waals surface area contributed by atoms with Crippen LogP contribution in [-0.2, 0) is 4.79 Å². The predicted octanol–water partition coefficient (Wildman–Crippen LogP) is 4.57. The van der Waals surface area contributed by atoms with Gasteiger partial charge in [-0.25, -0.2) is 4.39 Å². The first-order valence-corrected chi connectivity index (χ1v) is 9.31. The highest BCUT2D eigenvalue weighted by atomic mass is 19.1. The van der Waals surface area contributed by atoms with Crippen molar-refractivity contribution in [2.24, 2.45) is 0 Å². The zero-order chi connectivity index (χ0) is 19.4. The van der Waals surface area contributed by atoms with E-state index in [9.17, 15) is 9.18 Å². The number of hydrogen-bond acceptors (Lipinski definition) is 4. The summed E-state index contributed by atoms with van der Waals surface area (Å²) in [6.45, 7) is 5.22. The summed E-state index contributed by atoms with van der Waals surface area (Å²) in [5, 5.41) is 0. The smallest absolute Gasteiger partial charge is 0.167 e. The summed E-state index contributed by atoms with van der Waals surface area (Å²) in [6, 6.07) is 13.0. The average molecular weight is 371 g/mol. The molecular weight excluding hydrogens is 345 g/mol. The normalized spacial score (nSPS) is 17.6. The Morgan fingerprint density at radius 3 is 2.63 bits per heavy atom. The number of rotatable bonds is 7. The molecule has 0 spiro atoms. The van der Waals surface area contributed by atoms with Gasteiger partial charge in [0.25, 0.3) is 0 Å². The fourth-order valence-corrected chi connectivity index (χ4v) is 3.53. The molecule has 2 aromatic rings. The molecule has 1 aliphatic heterocycles. The van der Waals surface area contributed by atoms with Gasteiger partial charge in [0, 0.05) is 31.1 Å². The third-order valence-electron chi connectivity index (χ3n) is 4.99. The van der Waals surface area contributed by atoms with Crippen LogP contribution in [0.2, 0.25) is 0 Å². The molecule has 5 heteroatoms. The van der Waals surface area contributed by atoms with Gasteiger partial charge in [0.2, 0.25) is 0 Å². The molecule has 0 bridgehead atoms. The third-order valence-corrected chi connectivity index (χ3v) is 4.99. The Labute approximate surface area is 159 Å². The zero-order valence-electron chi connectivity index (χ0n) is 16.1. The van der Waals surface area contributed by atoms with E-state index in [4.69, 9.17) is 9.47 Å². The lowest BCUT2D eigenvalue weighted by molar-refractivity contribution is -0.117. The highest BCUT2D eigenvalue weighted by molar-refractivity contribution is 5.76. The van der Waals surface area contributed by atoms with E-state index < -0.39 is 0 Å². The minimum Gasteiger partial charge on any atom is -0.494 e. The molecule has 2 atom stereocenters. The molecule has 1 heterocycles. The van der Waals surface area contributed by atoms with Gasteiger partial charge in [-0.15, -0.1) is 0 Å². The fourth-order valence-electron chi connectivity index (χ4n) is 3.53. The first-order chi connectivity index (χ1) is 13.0. The molecule has 1 unspecified atom stereocenters. The van der Waals surface area contributed by atoms with Crippen molar-refractivity contribution < 1.29 is 18.7 Å². The van der Waals surface area contributed by atoms with E-state index in [0.29, 0.717) is 13.0 Å². The Balaban J connectivity index is 1.58. The number of anilines is 1. The number of Topliss-reactive ketones (excluding diaryl/α,β-unsaturated/α-hetero) is 1. The van der Waals surface area contributed by atoms with Gasteiger partial charge in [-0.3, -0.25) is 0 Å². The number of carbonyl (C=O) groups is 1. The Kier molecular flexibility index (Phi) is 5.99. The lowest BCUT2D eigenvalue weighted by Gasteiger charge is -2.20. The van der Waals surface area contributed by atoms with Crippen LogP contribution in [-0.4, -0.2) is 32.1 Å². The maximum absolute atomic E-state index is 13.9. The van der Waals surface area contributed by atoms with Gasteiger partial charge in [-0.05, 0) is 42.7 Å². The second-order valence-corrected chi connectivity index (χ2v) is 7.17. The Hall–Kier alpha value is -2.56. The van der Waals surface area contributed by atoms with Crippen molar-refractivity contribution in [1.29, 1.82) is 0 Å². The van der Waals surface area contributed by atoms with Crippen LogP contribution < -0.4 is 14.4 Å². The summed E-state index contributed by atoms with van der Waals surface area (Å²) in [6.07, 6.45) is 1.50. The maximum Gasteiger partial charge on any atom is 0.167 e. The molecule has 0 amide bonds. The van der Waals surface area contributed by atoms with Crippen molar-refractivity contribution in [3.8, 4) is 11.5 Å². The summed E-state index contributed by atoms with van der Waals surface area (Å²) < 4.78 is 25.0. The quantitative estimate of drug-likeness (QED) is 0.714. The Morgan fingerprint density at radius 1 is 1.26 bits per heavy atom. The van der Waals surface area contributed by atoms with Crippen LogP contribution in [0, 0.1) is 5.82 Å². The standard InChI is InChI=1S/C22H26FNO3/c1-15(12-16(2)25)17-4-7-19(8-5-17)27-20-10-11-24(14-20)18-6-9-22(26-3)21(23)13-18/h4-9,13,15,20H,10-12,14H2,1-3H3/t15-,20?/m1/s1. The number of hydrogen-bond donors (Lipinski definition) is 0. The van der Waals surface area contributed by atoms with Crippen molar-refractivity contribution in [2.45, 2.75) is 38.7 Å². The van der Waals surface area contributed by atoms with E-state index in [2.05, 4.69) is 11.8 Å². The molecule has 3 rings (SSSR count). The Bertz CT molecular complexity index is 791. The second-order valence-electron chi connectivity index (χ2n) is 7.17. The molecule has 1 aliphatic rings. The monoisotopic (exact) mass is 371 g/mol. The van der Waals surface area contributed by atoms with Gasteiger partial charge < -0.3 is 19.2 Å². The first-order valence-electron chi connectivity index (χ1n) is 9.31. The molecule has 4 nitrogen and oxygen atoms in total. The van der Waals surface area contributed by atoms with Crippen LogP contribution >= 0.6 is 0 Å². The van der Waals surface area contributed by atoms with Crippen molar-refractivity contribution >= 4 is 11.5 Å². The SMILES string of the molecule is COc1ccc(N2CCC(Oc3ccc([C@H](C)CC(C)=O)cc3)C2)cc1F. The highest BCUT2D eigenvalue weighted by Crippen LogP contribution is 2.28. The molecule has 0 radical (unpaired) electrons. The minimum atomic E-state index is -0.352. The van der Waals surface area contributed by atoms with E-state index in [1.807, 2.05) is 30.3 Å². The van der Waals surface area contributed by atoms with Gasteiger partial charge in [0.1, 0.15) is 17.6 Å². The summed E-state index contributed by atoms with van der Waals surface area (Å²) in [5.41, 5.74) is 1.98. The summed E-state index contributed by atoms with van der Waals surface area (Å²) in [5.74, 6) is 1.13. The second kappa shape index (κ2) is 8.42. The lowest BCUT2D eigenvalue weighted by atomic mass is 9.96. The van der Waals surface area contributed by atoms with Crippen LogP contribution in [0.25, 0.3) is 0 Å². The molecule has 0 aromatic heterocycles. The zero-order valence-corrected chi connectivity index (χ0v) is 16.1. The van der Waals surface area contributed by atoms with E-state index in [0.717, 1.165) is 30.0 Å². The fraction of sp³-hybridized carbons (Fsp3) is 0.409. The first kappa shape index (κ1) is 19.2. The Morgan fingerprint density at radius 2 is 2.00 bits per heavy atom. The number of carbonyl (C=O) groups excluding carboxylic acids is 1. The number of ketones is 1. The van der Waals surface area contributed by atoms with E-state index in [-0.39, 0.29) is 29.4 Å². The lowest BCUT2D eigenvalue weighted by Crippen LogP contribution is -2.24. The van der Waals surface area contributed by atoms with Crippen LogP contribution in [0.4, 0.5) is 10.1 Å². The minimum absolute atomic E-state index is 0.0654. The van der Waals surface area contributed by atoms with Gasteiger partial charge >= 0.3 is 0 Å². The number of benzene rings is 2. The number of nitrogens with zero attached hydrogens (tertiary/aromatic N) is 1. The number of ether oxygens (including phenoxy) is 2. The van der Waals surface area contributed by atoms with Crippen LogP contribution in [0.15, 0.2) is 42.5 Å². The van der Waals surface area contributed by atoms with Crippen LogP contribution in [0.1, 0.15) is 38.2 Å². The van der Waals surface area contributed by atoms with Crippen molar-refractivity contribution in [3.63, 3.8) is 0 Å². The molecule has 1 saturated heterocycles. The number of methoxy groups -OCH3 is 1. The van der Waals surface area contributed by atoms with Gasteiger partial charge in [-0.2, -0.15) is 0 Å². The molecule has 1 fully saturated rings. The maximum atomic E-state index is 13.9. The van der Waals surface area contributed by atoms with Crippen molar-refractivity contribution in [1.82, 2.24) is 0 Å². The highest BCUT2D eigenvalue weighted by Gasteiger charge is 2.25. The van der Waals surface area contributed by atoms with E-state index in [1.54, 1.807) is 13.0 Å². The van der Waals surface area contributed by atoms with E-state index in [1.165, 1.54) is 13.2 Å². The van der Waals surface area contributed by atoms with Crippen LogP contribution in [0.5, 0.6) is 11.5 Å². The summed E-state index contributed by atoms with van der Waals surface area (Å²) in [7, 11) is 1.46. The van der Waals surface area contributed by atoms with Gasteiger partial charge in [0.15, 0.2) is 11.6 Å². The topological polar surface area (TPSA) is 38.8 Å². The van der Waals surface area contributed by atoms with Gasteiger partial charge in [0.05, 0.1) is 13.7 Å². The predicted molar refractivity (Wildman–Crippen MR) is 104 cm³/mol. The summed E-state index contributed by atoms with van der Waals surface area (Å²) >= 11 is 0.